The Kier molecular flexibility index (Phi) is 6.15. The summed E-state index contributed by atoms with van der Waals surface area (Å²) in [5, 5.41) is 3.29. The maximum Gasteiger partial charge on any atom is 0.123 e. The van der Waals surface area contributed by atoms with E-state index in [0.29, 0.717) is 12.6 Å². The summed E-state index contributed by atoms with van der Waals surface area (Å²) in [5.41, 5.74) is 2.55. The van der Waals surface area contributed by atoms with E-state index in [4.69, 9.17) is 4.74 Å². The molecule has 2 aromatic rings. The van der Waals surface area contributed by atoms with Crippen LogP contribution in [0.15, 0.2) is 53.4 Å². The first kappa shape index (κ1) is 15.9. The normalized spacial score (nSPS) is 12.1. The predicted octanol–water partition coefficient (Wildman–Crippen LogP) is 4.66. The van der Waals surface area contributed by atoms with Crippen molar-refractivity contribution in [2.24, 2.45) is 0 Å². The van der Waals surface area contributed by atoms with Gasteiger partial charge in [0.2, 0.25) is 0 Å². The Morgan fingerprint density at radius 3 is 2.57 bits per heavy atom. The standard InChI is InChI=1S/C18H23NOS/c1-4-20-18-11-10-15(14(2)19-3)12-16(18)13-21-17-8-6-5-7-9-17/h5-12,14,19H,4,13H2,1-3H3. The van der Waals surface area contributed by atoms with Gasteiger partial charge in [0.15, 0.2) is 0 Å². The summed E-state index contributed by atoms with van der Waals surface area (Å²) in [6.45, 7) is 4.89. The second kappa shape index (κ2) is 8.11. The van der Waals surface area contributed by atoms with Gasteiger partial charge >= 0.3 is 0 Å². The summed E-state index contributed by atoms with van der Waals surface area (Å²) in [6, 6.07) is 17.3. The highest BCUT2D eigenvalue weighted by atomic mass is 32.2. The van der Waals surface area contributed by atoms with Gasteiger partial charge in [0, 0.05) is 22.3 Å². The average molecular weight is 301 g/mol. The van der Waals surface area contributed by atoms with Crippen LogP contribution in [0.3, 0.4) is 0 Å². The lowest BCUT2D eigenvalue weighted by Gasteiger charge is -2.15. The molecule has 0 aromatic heterocycles. The monoisotopic (exact) mass is 301 g/mol. The summed E-state index contributed by atoms with van der Waals surface area (Å²) < 4.78 is 5.76. The minimum atomic E-state index is 0.348. The third-order valence-electron chi connectivity index (χ3n) is 3.45. The van der Waals surface area contributed by atoms with Crippen LogP contribution in [-0.4, -0.2) is 13.7 Å². The van der Waals surface area contributed by atoms with Crippen molar-refractivity contribution in [3.05, 3.63) is 59.7 Å². The van der Waals surface area contributed by atoms with E-state index in [9.17, 15) is 0 Å². The zero-order chi connectivity index (χ0) is 15.1. The highest BCUT2D eigenvalue weighted by Gasteiger charge is 2.09. The molecule has 0 bridgehead atoms. The van der Waals surface area contributed by atoms with Crippen molar-refractivity contribution in [1.82, 2.24) is 5.32 Å². The number of rotatable bonds is 7. The van der Waals surface area contributed by atoms with Gasteiger partial charge in [0.05, 0.1) is 6.61 Å². The van der Waals surface area contributed by atoms with Crippen LogP contribution < -0.4 is 10.1 Å². The van der Waals surface area contributed by atoms with Crippen LogP contribution in [0.25, 0.3) is 0 Å². The molecule has 0 aliphatic carbocycles. The van der Waals surface area contributed by atoms with Crippen molar-refractivity contribution in [2.45, 2.75) is 30.5 Å². The Balaban J connectivity index is 2.17. The molecule has 2 rings (SSSR count). The molecular formula is C18H23NOS. The Hall–Kier alpha value is -1.45. The molecule has 1 N–H and O–H groups in total. The maximum atomic E-state index is 5.76. The van der Waals surface area contributed by atoms with Gasteiger partial charge in [-0.2, -0.15) is 0 Å². The third kappa shape index (κ3) is 4.51. The molecule has 21 heavy (non-hydrogen) atoms. The number of hydrogen-bond acceptors (Lipinski definition) is 3. The smallest absolute Gasteiger partial charge is 0.123 e. The van der Waals surface area contributed by atoms with E-state index in [1.165, 1.54) is 16.0 Å². The number of benzene rings is 2. The van der Waals surface area contributed by atoms with Gasteiger partial charge in [-0.05, 0) is 50.7 Å². The van der Waals surface area contributed by atoms with Gasteiger partial charge in [-0.1, -0.05) is 24.3 Å². The molecule has 0 heterocycles. The molecule has 2 nitrogen and oxygen atoms in total. The molecule has 1 unspecified atom stereocenters. The zero-order valence-electron chi connectivity index (χ0n) is 12.9. The Labute approximate surface area is 131 Å². The second-order valence-electron chi connectivity index (χ2n) is 4.91. The lowest BCUT2D eigenvalue weighted by Crippen LogP contribution is -2.12. The van der Waals surface area contributed by atoms with Crippen LogP contribution in [0, 0.1) is 0 Å². The van der Waals surface area contributed by atoms with Gasteiger partial charge in [0.1, 0.15) is 5.75 Å². The number of ether oxygens (including phenoxy) is 1. The van der Waals surface area contributed by atoms with E-state index in [-0.39, 0.29) is 0 Å². The second-order valence-corrected chi connectivity index (χ2v) is 5.96. The van der Waals surface area contributed by atoms with Gasteiger partial charge in [-0.15, -0.1) is 11.8 Å². The summed E-state index contributed by atoms with van der Waals surface area (Å²) in [7, 11) is 1.99. The minimum absolute atomic E-state index is 0.348. The van der Waals surface area contributed by atoms with Crippen molar-refractivity contribution < 1.29 is 4.74 Å². The van der Waals surface area contributed by atoms with Crippen molar-refractivity contribution in [3.63, 3.8) is 0 Å². The summed E-state index contributed by atoms with van der Waals surface area (Å²) in [4.78, 5) is 1.28. The molecule has 0 aliphatic rings. The van der Waals surface area contributed by atoms with Crippen molar-refractivity contribution in [1.29, 1.82) is 0 Å². The molecule has 3 heteroatoms. The molecule has 0 amide bonds. The van der Waals surface area contributed by atoms with Crippen molar-refractivity contribution in [3.8, 4) is 5.75 Å². The van der Waals surface area contributed by atoms with Gasteiger partial charge < -0.3 is 10.1 Å². The van der Waals surface area contributed by atoms with E-state index in [0.717, 1.165) is 11.5 Å². The highest BCUT2D eigenvalue weighted by molar-refractivity contribution is 7.98. The van der Waals surface area contributed by atoms with Crippen molar-refractivity contribution >= 4 is 11.8 Å². The van der Waals surface area contributed by atoms with Crippen LogP contribution in [0.5, 0.6) is 5.75 Å². The molecule has 0 saturated carbocycles. The maximum absolute atomic E-state index is 5.76. The van der Waals surface area contributed by atoms with E-state index in [2.05, 4.69) is 54.7 Å². The summed E-state index contributed by atoms with van der Waals surface area (Å²) in [6.07, 6.45) is 0. The molecular weight excluding hydrogens is 278 g/mol. The quantitative estimate of drug-likeness (QED) is 0.752. The number of nitrogens with one attached hydrogen (secondary N) is 1. The summed E-state index contributed by atoms with van der Waals surface area (Å²) >= 11 is 1.84. The molecule has 0 radical (unpaired) electrons. The van der Waals surface area contributed by atoms with E-state index in [1.807, 2.05) is 31.8 Å². The fourth-order valence-electron chi connectivity index (χ4n) is 2.12. The third-order valence-corrected chi connectivity index (χ3v) is 4.52. The van der Waals surface area contributed by atoms with Crippen molar-refractivity contribution in [2.75, 3.05) is 13.7 Å². The average Bonchev–Trinajstić information content (AvgIpc) is 2.54. The van der Waals surface area contributed by atoms with Gasteiger partial charge in [-0.3, -0.25) is 0 Å². The first-order chi connectivity index (χ1) is 10.2. The van der Waals surface area contributed by atoms with E-state index < -0.39 is 0 Å². The van der Waals surface area contributed by atoms with Gasteiger partial charge in [-0.25, -0.2) is 0 Å². The van der Waals surface area contributed by atoms with Gasteiger partial charge in [0.25, 0.3) is 0 Å². The van der Waals surface area contributed by atoms with Crippen LogP contribution in [0.2, 0.25) is 0 Å². The number of hydrogen-bond donors (Lipinski definition) is 1. The molecule has 0 saturated heterocycles. The van der Waals surface area contributed by atoms with E-state index >= 15 is 0 Å². The zero-order valence-corrected chi connectivity index (χ0v) is 13.7. The molecule has 0 spiro atoms. The molecule has 112 valence electrons. The predicted molar refractivity (Wildman–Crippen MR) is 91.1 cm³/mol. The highest BCUT2D eigenvalue weighted by Crippen LogP contribution is 2.30. The fourth-order valence-corrected chi connectivity index (χ4v) is 3.02. The minimum Gasteiger partial charge on any atom is -0.494 e. The summed E-state index contributed by atoms with van der Waals surface area (Å²) in [5.74, 6) is 1.91. The Bertz CT molecular complexity index is 556. The Morgan fingerprint density at radius 2 is 1.90 bits per heavy atom. The SMILES string of the molecule is CCOc1ccc(C(C)NC)cc1CSc1ccccc1. The molecule has 1 atom stereocenters. The first-order valence-corrected chi connectivity index (χ1v) is 8.34. The van der Waals surface area contributed by atoms with Crippen LogP contribution in [-0.2, 0) is 5.75 Å². The topological polar surface area (TPSA) is 21.3 Å². The first-order valence-electron chi connectivity index (χ1n) is 7.35. The largest absolute Gasteiger partial charge is 0.494 e. The lowest BCUT2D eigenvalue weighted by molar-refractivity contribution is 0.337. The van der Waals surface area contributed by atoms with Crippen LogP contribution in [0.4, 0.5) is 0 Å². The fraction of sp³-hybridized carbons (Fsp3) is 0.333. The molecule has 2 aromatic carbocycles. The Morgan fingerprint density at radius 1 is 1.14 bits per heavy atom. The molecule has 0 fully saturated rings. The lowest BCUT2D eigenvalue weighted by atomic mass is 10.1. The number of thioether (sulfide) groups is 1. The van der Waals surface area contributed by atoms with E-state index in [1.54, 1.807) is 0 Å². The molecule has 0 aliphatic heterocycles. The van der Waals surface area contributed by atoms with Crippen LogP contribution in [0.1, 0.15) is 31.0 Å². The van der Waals surface area contributed by atoms with Crippen LogP contribution >= 0.6 is 11.8 Å².